The predicted octanol–water partition coefficient (Wildman–Crippen LogP) is 1.31. The second-order valence-corrected chi connectivity index (χ2v) is 9.99. The summed E-state index contributed by atoms with van der Waals surface area (Å²) in [6.45, 7) is 4.11. The molecule has 9 heteroatoms. The molecule has 0 aromatic heterocycles. The van der Waals surface area contributed by atoms with Gasteiger partial charge in [-0.2, -0.15) is 11.8 Å². The van der Waals surface area contributed by atoms with Crippen LogP contribution in [0.4, 0.5) is 0 Å². The predicted molar refractivity (Wildman–Crippen MR) is 109 cm³/mol. The summed E-state index contributed by atoms with van der Waals surface area (Å²) in [5.41, 5.74) is 0. The molecule has 0 radical (unpaired) electrons. The molecular formula is C17H34N4O3S2. The van der Waals surface area contributed by atoms with Gasteiger partial charge in [0.15, 0.2) is 5.96 Å². The van der Waals surface area contributed by atoms with Crippen LogP contribution >= 0.6 is 11.8 Å². The molecule has 1 aliphatic heterocycles. The highest BCUT2D eigenvalue weighted by molar-refractivity contribution is 7.99. The third kappa shape index (κ3) is 8.02. The molecule has 3 unspecified atom stereocenters. The van der Waals surface area contributed by atoms with Crippen LogP contribution in [0.3, 0.4) is 0 Å². The molecule has 2 rings (SSSR count). The van der Waals surface area contributed by atoms with E-state index in [9.17, 15) is 8.42 Å². The number of guanidine groups is 1. The molecule has 0 aromatic rings. The van der Waals surface area contributed by atoms with Crippen molar-refractivity contribution in [2.24, 2.45) is 4.99 Å². The van der Waals surface area contributed by atoms with Gasteiger partial charge in [0.05, 0.1) is 18.4 Å². The molecule has 0 spiro atoms. The van der Waals surface area contributed by atoms with Gasteiger partial charge < -0.3 is 15.4 Å². The fourth-order valence-electron chi connectivity index (χ4n) is 3.34. The first kappa shape index (κ1) is 21.8. The van der Waals surface area contributed by atoms with Gasteiger partial charge in [-0.25, -0.2) is 13.1 Å². The molecule has 152 valence electrons. The molecular weight excluding hydrogens is 372 g/mol. The molecule has 0 amide bonds. The van der Waals surface area contributed by atoms with E-state index in [0.29, 0.717) is 23.8 Å². The number of thioether (sulfide) groups is 1. The molecule has 0 aromatic carbocycles. The van der Waals surface area contributed by atoms with E-state index in [1.165, 1.54) is 6.42 Å². The summed E-state index contributed by atoms with van der Waals surface area (Å²) in [5.74, 6) is 0.707. The van der Waals surface area contributed by atoms with E-state index < -0.39 is 10.0 Å². The summed E-state index contributed by atoms with van der Waals surface area (Å²) < 4.78 is 32.5. The molecule has 1 saturated carbocycles. The molecule has 2 fully saturated rings. The van der Waals surface area contributed by atoms with Crippen LogP contribution in [-0.2, 0) is 14.8 Å². The van der Waals surface area contributed by atoms with Gasteiger partial charge in [0.1, 0.15) is 0 Å². The topological polar surface area (TPSA) is 91.8 Å². The molecule has 26 heavy (non-hydrogen) atoms. The van der Waals surface area contributed by atoms with Crippen molar-refractivity contribution < 1.29 is 13.2 Å². The maximum Gasteiger partial charge on any atom is 0.213 e. The van der Waals surface area contributed by atoms with Crippen molar-refractivity contribution in [2.75, 3.05) is 38.2 Å². The lowest BCUT2D eigenvalue weighted by Crippen LogP contribution is -2.43. The molecule has 3 N–H and O–H groups in total. The largest absolute Gasteiger partial charge is 0.377 e. The van der Waals surface area contributed by atoms with Gasteiger partial charge in [-0.1, -0.05) is 0 Å². The minimum atomic E-state index is -3.33. The van der Waals surface area contributed by atoms with Crippen molar-refractivity contribution in [3.63, 3.8) is 0 Å². The van der Waals surface area contributed by atoms with Crippen LogP contribution in [0.5, 0.6) is 0 Å². The summed E-state index contributed by atoms with van der Waals surface area (Å²) in [4.78, 5) is 4.44. The maximum absolute atomic E-state index is 12.2. The van der Waals surface area contributed by atoms with Crippen LogP contribution in [0.2, 0.25) is 0 Å². The van der Waals surface area contributed by atoms with E-state index in [4.69, 9.17) is 4.74 Å². The SMILES string of the molecule is CCNC(=NCCS(=O)(=O)NCC1CCCCO1)NC1CCC(SC)C1. The van der Waals surface area contributed by atoms with Crippen LogP contribution in [0, 0.1) is 0 Å². The monoisotopic (exact) mass is 406 g/mol. The lowest BCUT2D eigenvalue weighted by molar-refractivity contribution is 0.0200. The van der Waals surface area contributed by atoms with Gasteiger partial charge in [0.25, 0.3) is 0 Å². The Bertz CT molecular complexity index is 536. The van der Waals surface area contributed by atoms with Gasteiger partial charge in [-0.3, -0.25) is 4.99 Å². The smallest absolute Gasteiger partial charge is 0.213 e. The highest BCUT2D eigenvalue weighted by atomic mass is 32.2. The van der Waals surface area contributed by atoms with E-state index in [0.717, 1.165) is 45.3 Å². The average molecular weight is 407 g/mol. The molecule has 2 aliphatic rings. The molecule has 0 bridgehead atoms. The number of hydrogen-bond donors (Lipinski definition) is 3. The first-order valence-corrected chi connectivity index (χ1v) is 12.6. The van der Waals surface area contributed by atoms with Gasteiger partial charge in [0, 0.05) is 31.0 Å². The normalized spacial score (nSPS) is 27.5. The Hall–Kier alpha value is -0.510. The van der Waals surface area contributed by atoms with Crippen molar-refractivity contribution in [3.8, 4) is 0 Å². The van der Waals surface area contributed by atoms with Crippen LogP contribution in [0.25, 0.3) is 0 Å². The second kappa shape index (κ2) is 11.4. The summed E-state index contributed by atoms with van der Waals surface area (Å²) >= 11 is 1.92. The van der Waals surface area contributed by atoms with Gasteiger partial charge in [-0.05, 0) is 51.7 Å². The Labute approximate surface area is 162 Å². The number of rotatable bonds is 9. The summed E-state index contributed by atoms with van der Waals surface area (Å²) in [6, 6.07) is 0.420. The quantitative estimate of drug-likeness (QED) is 0.395. The van der Waals surface area contributed by atoms with Crippen LogP contribution < -0.4 is 15.4 Å². The van der Waals surface area contributed by atoms with Crippen molar-refractivity contribution in [2.45, 2.75) is 62.8 Å². The average Bonchev–Trinajstić information content (AvgIpc) is 3.09. The van der Waals surface area contributed by atoms with E-state index in [1.54, 1.807) is 0 Å². The third-order valence-corrected chi connectivity index (χ3v) is 7.26. The van der Waals surface area contributed by atoms with E-state index in [-0.39, 0.29) is 18.4 Å². The first-order valence-electron chi connectivity index (χ1n) is 9.69. The number of sulfonamides is 1. The highest BCUT2D eigenvalue weighted by Gasteiger charge is 2.24. The minimum Gasteiger partial charge on any atom is -0.377 e. The highest BCUT2D eigenvalue weighted by Crippen LogP contribution is 2.27. The molecule has 1 saturated heterocycles. The van der Waals surface area contributed by atoms with E-state index >= 15 is 0 Å². The summed E-state index contributed by atoms with van der Waals surface area (Å²) in [6.07, 6.45) is 8.75. The van der Waals surface area contributed by atoms with Crippen LogP contribution in [0.1, 0.15) is 45.4 Å². The van der Waals surface area contributed by atoms with Gasteiger partial charge >= 0.3 is 0 Å². The molecule has 1 aliphatic carbocycles. The standard InChI is InChI=1S/C17H34N4O3S2/c1-3-18-17(21-14-7-8-16(12-14)25-2)19-9-11-26(22,23)20-13-15-6-4-5-10-24-15/h14-16,20H,3-13H2,1-2H3,(H2,18,19,21). The van der Waals surface area contributed by atoms with Crippen molar-refractivity contribution >= 4 is 27.7 Å². The Morgan fingerprint density at radius 1 is 1.27 bits per heavy atom. The first-order chi connectivity index (χ1) is 12.5. The lowest BCUT2D eigenvalue weighted by Gasteiger charge is -2.22. The second-order valence-electron chi connectivity index (χ2n) is 6.93. The number of aliphatic imine (C=N–C) groups is 1. The zero-order valence-corrected chi connectivity index (χ0v) is 17.6. The van der Waals surface area contributed by atoms with Crippen molar-refractivity contribution in [1.29, 1.82) is 0 Å². The Kier molecular flexibility index (Phi) is 9.52. The Balaban J connectivity index is 1.74. The van der Waals surface area contributed by atoms with Crippen LogP contribution in [-0.4, -0.2) is 70.0 Å². The fraction of sp³-hybridized carbons (Fsp3) is 0.941. The molecule has 1 heterocycles. The lowest BCUT2D eigenvalue weighted by atomic mass is 10.1. The third-order valence-electron chi connectivity index (χ3n) is 4.84. The van der Waals surface area contributed by atoms with Gasteiger partial charge in [0.2, 0.25) is 10.0 Å². The Morgan fingerprint density at radius 2 is 2.12 bits per heavy atom. The molecule has 3 atom stereocenters. The van der Waals surface area contributed by atoms with Crippen molar-refractivity contribution in [3.05, 3.63) is 0 Å². The molecule has 7 nitrogen and oxygen atoms in total. The summed E-state index contributed by atoms with van der Waals surface area (Å²) in [7, 11) is -3.33. The van der Waals surface area contributed by atoms with E-state index in [1.807, 2.05) is 18.7 Å². The zero-order chi connectivity index (χ0) is 18.8. The van der Waals surface area contributed by atoms with Crippen LogP contribution in [0.15, 0.2) is 4.99 Å². The van der Waals surface area contributed by atoms with Crippen molar-refractivity contribution in [1.82, 2.24) is 15.4 Å². The Morgan fingerprint density at radius 3 is 2.77 bits per heavy atom. The number of ether oxygens (including phenoxy) is 1. The summed E-state index contributed by atoms with van der Waals surface area (Å²) in [5, 5.41) is 7.36. The number of hydrogen-bond acceptors (Lipinski definition) is 5. The van der Waals surface area contributed by atoms with Gasteiger partial charge in [-0.15, -0.1) is 0 Å². The minimum absolute atomic E-state index is 0.00556. The number of nitrogens with one attached hydrogen (secondary N) is 3. The zero-order valence-electron chi connectivity index (χ0n) is 16.0. The fourth-order valence-corrected chi connectivity index (χ4v) is 5.05. The maximum atomic E-state index is 12.2. The van der Waals surface area contributed by atoms with E-state index in [2.05, 4.69) is 26.6 Å². The number of nitrogens with zero attached hydrogens (tertiary/aromatic N) is 1.